The predicted octanol–water partition coefficient (Wildman–Crippen LogP) is 18.8. The van der Waals surface area contributed by atoms with Gasteiger partial charge in [-0.1, -0.05) is 208 Å². The first-order chi connectivity index (χ1) is 43.4. The Morgan fingerprint density at radius 3 is 1.47 bits per heavy atom. The third-order valence-corrected chi connectivity index (χ3v) is 19.4. The minimum Gasteiger partial charge on any atom is -0.458 e. The Kier molecular flexibility index (Phi) is 23.0. The number of benzene rings is 11. The molecule has 11 aromatic carbocycles. The van der Waals surface area contributed by atoms with E-state index < -0.39 is 0 Å². The van der Waals surface area contributed by atoms with Crippen molar-refractivity contribution in [2.45, 2.75) is 69.7 Å². The summed E-state index contributed by atoms with van der Waals surface area (Å²) < 4.78 is 27.3. The minimum absolute atomic E-state index is 0. The number of aryl methyl sites for hydroxylation is 9. The van der Waals surface area contributed by atoms with E-state index in [-0.39, 0.29) is 37.9 Å². The van der Waals surface area contributed by atoms with Crippen LogP contribution in [0.1, 0.15) is 57.5 Å². The van der Waals surface area contributed by atoms with Crippen LogP contribution in [-0.4, -0.2) is 34.8 Å². The lowest BCUT2D eigenvalue weighted by Crippen LogP contribution is -2.62. The average molecular weight is 1490 g/mol. The number of hydrogen-bond acceptors (Lipinski definition) is 6. The lowest BCUT2D eigenvalue weighted by Gasteiger charge is -2.39. The van der Waals surface area contributed by atoms with E-state index in [0.717, 1.165) is 63.4 Å². The van der Waals surface area contributed by atoms with Gasteiger partial charge in [0.2, 0.25) is 6.71 Å². The van der Waals surface area contributed by atoms with Crippen molar-refractivity contribution in [3.05, 3.63) is 286 Å². The second kappa shape index (κ2) is 30.4. The van der Waals surface area contributed by atoms with Gasteiger partial charge in [0.1, 0.15) is 23.0 Å². The summed E-state index contributed by atoms with van der Waals surface area (Å²) in [5.74, 6) is 3.33. The molecule has 0 aliphatic carbocycles. The molecule has 0 spiro atoms. The molecule has 6 nitrogen and oxygen atoms in total. The van der Waals surface area contributed by atoms with E-state index in [9.17, 15) is 0 Å². The molecule has 92 heavy (non-hydrogen) atoms. The van der Waals surface area contributed by atoms with E-state index in [2.05, 4.69) is 281 Å². The van der Waals surface area contributed by atoms with Gasteiger partial charge in [-0.15, -0.1) is 0 Å². The molecule has 1 unspecified atom stereocenters. The van der Waals surface area contributed by atoms with Crippen LogP contribution in [-0.2, 0) is 9.31 Å². The maximum atomic E-state index is 6.85. The van der Waals surface area contributed by atoms with Gasteiger partial charge in [-0.2, -0.15) is 9.90 Å². The normalized spacial score (nSPS) is 11.6. The summed E-state index contributed by atoms with van der Waals surface area (Å²) in [6, 6.07) is 77.0. The largest absolute Gasteiger partial charge is 0.493 e. The molecule has 0 bridgehead atoms. The fourth-order valence-corrected chi connectivity index (χ4v) is 15.5. The molecule has 14 heteroatoms. The fraction of sp³-hybridized carbons (Fsp3) is 0.154. The topological polar surface area (TPSA) is 43.4 Å². The Morgan fingerprint density at radius 1 is 0.402 bits per heavy atom. The minimum atomic E-state index is -0.254. The number of para-hydroxylation sites is 6. The van der Waals surface area contributed by atoms with Crippen molar-refractivity contribution in [3.8, 4) is 23.0 Å². The van der Waals surface area contributed by atoms with Gasteiger partial charge in [0.25, 0.3) is 6.71 Å². The Labute approximate surface area is 583 Å². The first-order valence-electron chi connectivity index (χ1n) is 30.1. The monoisotopic (exact) mass is 1480 g/mol. The Balaban J connectivity index is 0.000000186. The number of nitrogens with zero attached hydrogens (tertiary/aromatic N) is 2. The fourth-order valence-electron chi connectivity index (χ4n) is 13.4. The zero-order valence-corrected chi connectivity index (χ0v) is 61.0. The van der Waals surface area contributed by atoms with Gasteiger partial charge < -0.3 is 28.6 Å². The van der Waals surface area contributed by atoms with Gasteiger partial charge in [0.05, 0.1) is 20.3 Å². The van der Waals surface area contributed by atoms with Crippen LogP contribution >= 0.6 is 73.6 Å². The number of fused-ring (bicyclic) bond motifs is 4. The maximum absolute atomic E-state index is 6.85. The molecule has 464 valence electrons. The molecule has 0 fully saturated rings. The highest BCUT2D eigenvalue weighted by molar-refractivity contribution is 9.11. The molecule has 2 heterocycles. The summed E-state index contributed by atoms with van der Waals surface area (Å²) in [5, 5.41) is 0. The Hall–Kier alpha value is -6.92. The second-order valence-corrected chi connectivity index (χ2v) is 26.7. The molecule has 0 aromatic heterocycles. The van der Waals surface area contributed by atoms with Crippen LogP contribution in [0.4, 0.5) is 34.1 Å². The molecule has 0 N–H and O–H groups in total. The molecule has 0 saturated heterocycles. The zero-order valence-electron chi connectivity index (χ0n) is 53.3. The highest BCUT2D eigenvalue weighted by Crippen LogP contribution is 2.47. The molecule has 11 aromatic rings. The van der Waals surface area contributed by atoms with Crippen molar-refractivity contribution in [2.75, 3.05) is 24.0 Å². The Morgan fingerprint density at radius 2 is 0.891 bits per heavy atom. The van der Waals surface area contributed by atoms with E-state index in [4.69, 9.17) is 18.8 Å². The Bertz CT molecular complexity index is 4390. The molecule has 0 amide bonds. The summed E-state index contributed by atoms with van der Waals surface area (Å²) >= 11 is 14.7. The van der Waals surface area contributed by atoms with Crippen molar-refractivity contribution in [1.82, 2.24) is 0 Å². The van der Waals surface area contributed by atoms with Crippen molar-refractivity contribution in [1.29, 1.82) is 0 Å². The van der Waals surface area contributed by atoms with Crippen molar-refractivity contribution in [2.24, 2.45) is 0 Å². The first kappa shape index (κ1) is 69.4. The summed E-state index contributed by atoms with van der Waals surface area (Å²) in [5.41, 5.74) is 27.2. The molecule has 0 saturated carbocycles. The van der Waals surface area contributed by atoms with Crippen molar-refractivity contribution < 1.29 is 18.8 Å². The average Bonchev–Trinajstić information content (AvgIpc) is 0.714. The first-order valence-corrected chi connectivity index (χ1v) is 33.3. The SMILES string of the molecule is Brc1ccccc1Oc1cc(N(c2ccccc2)c2ccccc2Br)c(Br)cc1Br.C.COB(OC)c1c(C)cc(C)cc1C.Cc1cc(C)c(B2c3ccccc3Oc3cc4c(cc32)B(c2c(C)cc(C)cc2C)c2ccccc2N4c2ccccc2)c(C)c1.P. The summed E-state index contributed by atoms with van der Waals surface area (Å²) in [6.07, 6.45) is 0. The van der Waals surface area contributed by atoms with Gasteiger partial charge in [-0.3, -0.25) is 0 Å². The summed E-state index contributed by atoms with van der Waals surface area (Å²) in [6.45, 7) is 19.9. The van der Waals surface area contributed by atoms with E-state index >= 15 is 0 Å². The number of hydrogen-bond donors (Lipinski definition) is 0. The van der Waals surface area contributed by atoms with Crippen LogP contribution in [0.15, 0.2) is 236 Å². The van der Waals surface area contributed by atoms with Crippen LogP contribution in [0.25, 0.3) is 0 Å². The van der Waals surface area contributed by atoms with Gasteiger partial charge in [0.15, 0.2) is 0 Å². The van der Waals surface area contributed by atoms with E-state index in [1.165, 1.54) is 94.2 Å². The van der Waals surface area contributed by atoms with Crippen LogP contribution < -0.4 is 57.5 Å². The predicted molar refractivity (Wildman–Crippen MR) is 415 cm³/mol. The highest BCUT2D eigenvalue weighted by atomic mass is 79.9. The van der Waals surface area contributed by atoms with Crippen LogP contribution in [0.2, 0.25) is 0 Å². The molecular formula is C78H76B3Br4N2O4P. The van der Waals surface area contributed by atoms with Gasteiger partial charge in [0, 0.05) is 58.0 Å². The number of rotatable bonds is 11. The quantitative estimate of drug-likeness (QED) is 0.0950. The zero-order chi connectivity index (χ0) is 63.5. The van der Waals surface area contributed by atoms with Crippen LogP contribution in [0, 0.1) is 62.3 Å². The van der Waals surface area contributed by atoms with Gasteiger partial charge >= 0.3 is 7.12 Å². The maximum Gasteiger partial charge on any atom is 0.493 e. The lowest BCUT2D eigenvalue weighted by atomic mass is 9.31. The third-order valence-electron chi connectivity index (χ3n) is 16.8. The highest BCUT2D eigenvalue weighted by Gasteiger charge is 2.41. The van der Waals surface area contributed by atoms with Gasteiger partial charge in [-0.25, -0.2) is 0 Å². The lowest BCUT2D eigenvalue weighted by molar-refractivity contribution is 0.291. The van der Waals surface area contributed by atoms with Crippen LogP contribution in [0.5, 0.6) is 23.0 Å². The molecule has 13 rings (SSSR count). The number of anilines is 6. The third kappa shape index (κ3) is 14.4. The standard InChI is InChI=1S/C42H37B2NO.C24H15Br4NO.C11H17BO2.CH4.H3P/c1-26-20-28(3)41(29(4)21-26)43-33-16-10-12-18-37(33)45(32-14-8-7-9-15-32)38-25-40-36(24-35(38)43)44(34-17-11-13-19-39(34)46-40)42-30(5)22-27(2)23-31(42)6;25-17-10-4-6-12-21(17)29(16-8-2-1-3-9-16)22-15-24(20(28)14-19(22)27)30-23-13-7-5-11-18(23)26;1-8-6-9(2)11(10(3)7-8)12(13-4)14-5;;/h7-25H,1-6H3;1-15H;6-7H,1-5H3;1H4;1H3. The molecule has 1 atom stereocenters. The van der Waals surface area contributed by atoms with E-state index in [0.29, 0.717) is 5.75 Å². The number of ether oxygens (including phenoxy) is 2. The van der Waals surface area contributed by atoms with Crippen molar-refractivity contribution in [3.63, 3.8) is 0 Å². The molecule has 2 aliphatic rings. The van der Waals surface area contributed by atoms with E-state index in [1.807, 2.05) is 72.8 Å². The molecule has 0 radical (unpaired) electrons. The number of halogens is 4. The molecular weight excluding hydrogens is 1410 g/mol. The molecule has 2 aliphatic heterocycles. The smallest absolute Gasteiger partial charge is 0.458 e. The summed E-state index contributed by atoms with van der Waals surface area (Å²) in [4.78, 5) is 4.62. The van der Waals surface area contributed by atoms with E-state index in [1.54, 1.807) is 14.2 Å². The van der Waals surface area contributed by atoms with Crippen LogP contribution in [0.3, 0.4) is 0 Å². The second-order valence-electron chi connectivity index (χ2n) is 23.3. The summed E-state index contributed by atoms with van der Waals surface area (Å²) in [7, 11) is 3.07. The van der Waals surface area contributed by atoms with Crippen molar-refractivity contribution >= 4 is 167 Å². The van der Waals surface area contributed by atoms with Gasteiger partial charge in [-0.05, 0) is 220 Å².